The van der Waals surface area contributed by atoms with Crippen molar-refractivity contribution in [3.8, 4) is 0 Å². The van der Waals surface area contributed by atoms with Gasteiger partial charge in [0.1, 0.15) is 0 Å². The van der Waals surface area contributed by atoms with Crippen molar-refractivity contribution < 1.29 is 0 Å². The maximum atomic E-state index is 6.14. The van der Waals surface area contributed by atoms with Crippen molar-refractivity contribution in [1.82, 2.24) is 5.32 Å². The van der Waals surface area contributed by atoms with Gasteiger partial charge in [-0.1, -0.05) is 30.1 Å². The van der Waals surface area contributed by atoms with Gasteiger partial charge in [-0.2, -0.15) is 0 Å². The molecule has 1 N–H and O–H groups in total. The van der Waals surface area contributed by atoms with Crippen LogP contribution in [0.2, 0.25) is 10.0 Å². The highest BCUT2D eigenvalue weighted by atomic mass is 35.5. The van der Waals surface area contributed by atoms with Crippen LogP contribution in [0.3, 0.4) is 0 Å². The molecular weight excluding hydrogens is 217 g/mol. The first-order valence-electron chi connectivity index (χ1n) is 4.87. The van der Waals surface area contributed by atoms with Gasteiger partial charge in [0.05, 0.1) is 0 Å². The Hall–Kier alpha value is -0.240. The topological polar surface area (TPSA) is 12.0 Å². The largest absolute Gasteiger partial charge is 0.310 e. The summed E-state index contributed by atoms with van der Waals surface area (Å²) in [5.41, 5.74) is 1.13. The van der Waals surface area contributed by atoms with Crippen LogP contribution in [0, 0.1) is 5.92 Å². The van der Waals surface area contributed by atoms with Gasteiger partial charge in [-0.05, 0) is 42.6 Å². The molecule has 1 saturated heterocycles. The first-order valence-corrected chi connectivity index (χ1v) is 5.62. The zero-order chi connectivity index (χ0) is 10.1. The third kappa shape index (κ3) is 1.90. The molecule has 2 rings (SSSR count). The maximum Gasteiger partial charge on any atom is 0.0454 e. The van der Waals surface area contributed by atoms with E-state index in [4.69, 9.17) is 23.2 Å². The third-order valence-corrected chi connectivity index (χ3v) is 3.41. The number of benzene rings is 1. The van der Waals surface area contributed by atoms with Gasteiger partial charge in [-0.15, -0.1) is 0 Å². The summed E-state index contributed by atoms with van der Waals surface area (Å²) < 4.78 is 0. The summed E-state index contributed by atoms with van der Waals surface area (Å²) in [7, 11) is 0. The van der Waals surface area contributed by atoms with E-state index < -0.39 is 0 Å². The molecule has 0 amide bonds. The Labute approximate surface area is 94.4 Å². The van der Waals surface area contributed by atoms with Gasteiger partial charge < -0.3 is 5.32 Å². The molecule has 1 fully saturated rings. The molecule has 76 valence electrons. The SMILES string of the molecule is CC1CCNC1c1cc(Cl)ccc1Cl. The molecule has 1 nitrogen and oxygen atoms in total. The predicted molar refractivity (Wildman–Crippen MR) is 61.0 cm³/mol. The summed E-state index contributed by atoms with van der Waals surface area (Å²) in [5.74, 6) is 0.631. The predicted octanol–water partition coefficient (Wildman–Crippen LogP) is 3.66. The van der Waals surface area contributed by atoms with Crippen molar-refractivity contribution in [3.63, 3.8) is 0 Å². The van der Waals surface area contributed by atoms with E-state index in [0.717, 1.165) is 22.2 Å². The Morgan fingerprint density at radius 2 is 2.14 bits per heavy atom. The highest BCUT2D eigenvalue weighted by molar-refractivity contribution is 6.33. The van der Waals surface area contributed by atoms with E-state index in [1.165, 1.54) is 6.42 Å². The fourth-order valence-corrected chi connectivity index (χ4v) is 2.42. The molecule has 1 aliphatic heterocycles. The minimum atomic E-state index is 0.362. The third-order valence-electron chi connectivity index (χ3n) is 2.83. The van der Waals surface area contributed by atoms with E-state index in [1.807, 2.05) is 18.2 Å². The van der Waals surface area contributed by atoms with Gasteiger partial charge in [0.25, 0.3) is 0 Å². The average molecular weight is 230 g/mol. The van der Waals surface area contributed by atoms with Gasteiger partial charge in [-0.3, -0.25) is 0 Å². The molecule has 0 aromatic heterocycles. The second kappa shape index (κ2) is 4.09. The van der Waals surface area contributed by atoms with Crippen LogP contribution in [-0.2, 0) is 0 Å². The molecule has 1 aliphatic rings. The van der Waals surface area contributed by atoms with Crippen molar-refractivity contribution >= 4 is 23.2 Å². The van der Waals surface area contributed by atoms with E-state index in [2.05, 4.69) is 12.2 Å². The maximum absolute atomic E-state index is 6.14. The highest BCUT2D eigenvalue weighted by Crippen LogP contribution is 2.34. The van der Waals surface area contributed by atoms with Crippen LogP contribution in [0.15, 0.2) is 18.2 Å². The summed E-state index contributed by atoms with van der Waals surface area (Å²) in [6, 6.07) is 6.02. The van der Waals surface area contributed by atoms with E-state index in [-0.39, 0.29) is 0 Å². The summed E-state index contributed by atoms with van der Waals surface area (Å²) in [5, 5.41) is 5.01. The van der Waals surface area contributed by atoms with E-state index in [0.29, 0.717) is 12.0 Å². The fraction of sp³-hybridized carbons (Fsp3) is 0.455. The quantitative estimate of drug-likeness (QED) is 0.776. The lowest BCUT2D eigenvalue weighted by atomic mass is 9.96. The zero-order valence-corrected chi connectivity index (χ0v) is 9.57. The normalized spacial score (nSPS) is 26.8. The van der Waals surface area contributed by atoms with Crippen LogP contribution in [0.1, 0.15) is 24.9 Å². The zero-order valence-electron chi connectivity index (χ0n) is 8.06. The summed E-state index contributed by atoms with van der Waals surface area (Å²) >= 11 is 12.1. The van der Waals surface area contributed by atoms with Crippen LogP contribution in [0.25, 0.3) is 0 Å². The minimum absolute atomic E-state index is 0.362. The Balaban J connectivity index is 2.34. The molecule has 0 bridgehead atoms. The van der Waals surface area contributed by atoms with Crippen molar-refractivity contribution in [2.24, 2.45) is 5.92 Å². The van der Waals surface area contributed by atoms with Crippen LogP contribution >= 0.6 is 23.2 Å². The summed E-state index contributed by atoms with van der Waals surface area (Å²) in [6.45, 7) is 3.30. The van der Waals surface area contributed by atoms with Crippen LogP contribution in [0.5, 0.6) is 0 Å². The molecule has 0 radical (unpaired) electrons. The molecule has 0 aliphatic carbocycles. The molecule has 3 heteroatoms. The first-order chi connectivity index (χ1) is 6.68. The lowest BCUT2D eigenvalue weighted by Crippen LogP contribution is -2.16. The highest BCUT2D eigenvalue weighted by Gasteiger charge is 2.25. The van der Waals surface area contributed by atoms with Crippen LogP contribution in [0.4, 0.5) is 0 Å². The second-order valence-electron chi connectivity index (χ2n) is 3.86. The first kappa shape index (κ1) is 10.3. The number of hydrogen-bond donors (Lipinski definition) is 1. The standard InChI is InChI=1S/C11H13Cl2N/c1-7-4-5-14-11(7)9-6-8(12)2-3-10(9)13/h2-3,6-7,11,14H,4-5H2,1H3. The van der Waals surface area contributed by atoms with Gasteiger partial charge in [-0.25, -0.2) is 0 Å². The van der Waals surface area contributed by atoms with E-state index in [1.54, 1.807) is 0 Å². The van der Waals surface area contributed by atoms with Gasteiger partial charge in [0.15, 0.2) is 0 Å². The second-order valence-corrected chi connectivity index (χ2v) is 4.71. The van der Waals surface area contributed by atoms with Gasteiger partial charge >= 0.3 is 0 Å². The Morgan fingerprint density at radius 3 is 2.79 bits per heavy atom. The molecule has 2 unspecified atom stereocenters. The number of rotatable bonds is 1. The molecule has 0 saturated carbocycles. The number of halogens is 2. The Kier molecular flexibility index (Phi) is 3.01. The summed E-state index contributed by atoms with van der Waals surface area (Å²) in [6.07, 6.45) is 1.20. The Morgan fingerprint density at radius 1 is 1.36 bits per heavy atom. The van der Waals surface area contributed by atoms with E-state index in [9.17, 15) is 0 Å². The molecule has 0 spiro atoms. The van der Waals surface area contributed by atoms with Gasteiger partial charge in [0.2, 0.25) is 0 Å². The lowest BCUT2D eigenvalue weighted by molar-refractivity contribution is 0.504. The molecule has 1 aromatic rings. The van der Waals surface area contributed by atoms with Gasteiger partial charge in [0, 0.05) is 16.1 Å². The Bertz CT molecular complexity index is 338. The van der Waals surface area contributed by atoms with Crippen molar-refractivity contribution in [1.29, 1.82) is 0 Å². The van der Waals surface area contributed by atoms with Crippen LogP contribution in [-0.4, -0.2) is 6.54 Å². The fourth-order valence-electron chi connectivity index (χ4n) is 2.00. The molecule has 1 heterocycles. The monoisotopic (exact) mass is 229 g/mol. The van der Waals surface area contributed by atoms with Crippen molar-refractivity contribution in [3.05, 3.63) is 33.8 Å². The van der Waals surface area contributed by atoms with Crippen molar-refractivity contribution in [2.75, 3.05) is 6.54 Å². The lowest BCUT2D eigenvalue weighted by Gasteiger charge is -2.17. The minimum Gasteiger partial charge on any atom is -0.310 e. The van der Waals surface area contributed by atoms with Crippen LogP contribution < -0.4 is 5.32 Å². The summed E-state index contributed by atoms with van der Waals surface area (Å²) in [4.78, 5) is 0. The number of nitrogens with one attached hydrogen (secondary N) is 1. The number of hydrogen-bond acceptors (Lipinski definition) is 1. The molecule has 14 heavy (non-hydrogen) atoms. The average Bonchev–Trinajstić information content (AvgIpc) is 2.56. The molecular formula is C11H13Cl2N. The van der Waals surface area contributed by atoms with E-state index >= 15 is 0 Å². The smallest absolute Gasteiger partial charge is 0.0454 e. The molecule has 2 atom stereocenters. The van der Waals surface area contributed by atoms with Crippen molar-refractivity contribution in [2.45, 2.75) is 19.4 Å². The molecule has 1 aromatic carbocycles.